The molecule has 0 saturated carbocycles. The van der Waals surface area contributed by atoms with Crippen molar-refractivity contribution in [3.63, 3.8) is 0 Å². The van der Waals surface area contributed by atoms with Crippen LogP contribution in [0.1, 0.15) is 0 Å². The first-order chi connectivity index (χ1) is 13.2. The van der Waals surface area contributed by atoms with E-state index in [0.717, 1.165) is 16.1 Å². The number of urea groups is 1. The number of hydrogen-bond acceptors (Lipinski definition) is 7. The van der Waals surface area contributed by atoms with Crippen molar-refractivity contribution in [2.24, 2.45) is 0 Å². The quantitative estimate of drug-likeness (QED) is 0.651. The van der Waals surface area contributed by atoms with Gasteiger partial charge in [0.05, 0.1) is 17.9 Å². The van der Waals surface area contributed by atoms with E-state index in [2.05, 4.69) is 15.6 Å². The lowest BCUT2D eigenvalue weighted by atomic mass is 10.3. The lowest BCUT2D eigenvalue weighted by Crippen LogP contribution is -2.35. The highest BCUT2D eigenvalue weighted by atomic mass is 32.2. The van der Waals surface area contributed by atoms with E-state index in [9.17, 15) is 18.0 Å². The number of sulfonamides is 1. The molecule has 0 aliphatic heterocycles. The zero-order chi connectivity index (χ0) is 20.7. The van der Waals surface area contributed by atoms with Crippen molar-refractivity contribution < 1.29 is 22.7 Å². The maximum atomic E-state index is 12.0. The molecule has 0 unspecified atom stereocenters. The fourth-order valence-corrected chi connectivity index (χ4v) is 3.44. The minimum Gasteiger partial charge on any atom is -0.497 e. The number of hydrogen-bond donors (Lipinski definition) is 2. The molecule has 0 aliphatic carbocycles. The average Bonchev–Trinajstić information content (AvgIpc) is 2.67. The van der Waals surface area contributed by atoms with Gasteiger partial charge in [-0.1, -0.05) is 11.8 Å². The molecule has 1 heterocycles. The summed E-state index contributed by atoms with van der Waals surface area (Å²) in [7, 11) is 0.843. The Hall–Kier alpha value is -2.63. The zero-order valence-electron chi connectivity index (χ0n) is 15.5. The van der Waals surface area contributed by atoms with E-state index in [1.807, 2.05) is 0 Å². The lowest BCUT2D eigenvalue weighted by molar-refractivity contribution is -0.117. The maximum absolute atomic E-state index is 12.0. The fraction of sp³-hybridized carbons (Fsp3) is 0.235. The molecule has 2 N–H and O–H groups in total. The SMILES string of the molecule is COc1ccc(NC(=O)NC(=O)CSc2ccc(S(=O)(=O)N(C)C)cn2)cc1. The highest BCUT2D eigenvalue weighted by Gasteiger charge is 2.17. The summed E-state index contributed by atoms with van der Waals surface area (Å²) in [6.07, 6.45) is 1.23. The van der Waals surface area contributed by atoms with E-state index in [4.69, 9.17) is 4.74 Å². The molecule has 2 aromatic rings. The van der Waals surface area contributed by atoms with Gasteiger partial charge in [-0.05, 0) is 36.4 Å². The van der Waals surface area contributed by atoms with E-state index in [1.165, 1.54) is 39.5 Å². The molecule has 1 aromatic heterocycles. The van der Waals surface area contributed by atoms with Gasteiger partial charge in [0.2, 0.25) is 15.9 Å². The van der Waals surface area contributed by atoms with Crippen LogP contribution >= 0.6 is 11.8 Å². The highest BCUT2D eigenvalue weighted by molar-refractivity contribution is 7.99. The van der Waals surface area contributed by atoms with Crippen LogP contribution in [0.5, 0.6) is 5.75 Å². The highest BCUT2D eigenvalue weighted by Crippen LogP contribution is 2.18. The number of aromatic nitrogens is 1. The van der Waals surface area contributed by atoms with Crippen molar-refractivity contribution in [2.45, 2.75) is 9.92 Å². The Morgan fingerprint density at radius 3 is 2.36 bits per heavy atom. The van der Waals surface area contributed by atoms with Gasteiger partial charge >= 0.3 is 6.03 Å². The third-order valence-corrected chi connectivity index (χ3v) is 6.18. The summed E-state index contributed by atoms with van der Waals surface area (Å²) in [5, 5.41) is 5.20. The summed E-state index contributed by atoms with van der Waals surface area (Å²) in [6.45, 7) is 0. The Morgan fingerprint density at radius 1 is 1.14 bits per heavy atom. The average molecular weight is 425 g/mol. The summed E-state index contributed by atoms with van der Waals surface area (Å²) in [4.78, 5) is 27.8. The number of rotatable bonds is 7. The second kappa shape index (κ2) is 9.53. The van der Waals surface area contributed by atoms with E-state index in [0.29, 0.717) is 16.5 Å². The Labute approximate surface area is 167 Å². The number of carbonyl (C=O) groups excluding carboxylic acids is 2. The summed E-state index contributed by atoms with van der Waals surface area (Å²) in [5.74, 6) is 0.0844. The number of carbonyl (C=O) groups is 2. The van der Waals surface area contributed by atoms with Gasteiger partial charge in [0.1, 0.15) is 10.6 Å². The minimum absolute atomic E-state index is 0.0528. The molecule has 0 radical (unpaired) electrons. The van der Waals surface area contributed by atoms with Crippen LogP contribution in [0.3, 0.4) is 0 Å². The molecule has 3 amide bonds. The predicted molar refractivity (Wildman–Crippen MR) is 106 cm³/mol. The van der Waals surface area contributed by atoms with E-state index < -0.39 is 22.0 Å². The molecule has 0 fully saturated rings. The van der Waals surface area contributed by atoms with E-state index in [-0.39, 0.29) is 10.6 Å². The van der Waals surface area contributed by atoms with Crippen molar-refractivity contribution >= 4 is 39.4 Å². The summed E-state index contributed by atoms with van der Waals surface area (Å²) < 4.78 is 30.1. The van der Waals surface area contributed by atoms with Crippen molar-refractivity contribution in [3.05, 3.63) is 42.6 Å². The summed E-state index contributed by atoms with van der Waals surface area (Å²) in [6, 6.07) is 8.91. The largest absolute Gasteiger partial charge is 0.497 e. The number of ether oxygens (including phenoxy) is 1. The molecular weight excluding hydrogens is 404 g/mol. The third-order valence-electron chi connectivity index (χ3n) is 3.44. The van der Waals surface area contributed by atoms with Gasteiger partial charge in [-0.3, -0.25) is 10.1 Å². The number of benzene rings is 1. The van der Waals surface area contributed by atoms with Gasteiger partial charge in [-0.25, -0.2) is 22.5 Å². The number of amides is 3. The molecular formula is C17H20N4O5S2. The Kier molecular flexibility index (Phi) is 7.38. The molecule has 0 aliphatic rings. The van der Waals surface area contributed by atoms with Gasteiger partial charge in [0, 0.05) is 26.0 Å². The Morgan fingerprint density at radius 2 is 1.82 bits per heavy atom. The van der Waals surface area contributed by atoms with Crippen LogP contribution < -0.4 is 15.4 Å². The van der Waals surface area contributed by atoms with Crippen molar-refractivity contribution in [3.8, 4) is 5.75 Å². The predicted octanol–water partition coefficient (Wildman–Crippen LogP) is 1.78. The second-order valence-corrected chi connectivity index (χ2v) is 8.79. The van der Waals surface area contributed by atoms with Crippen LogP contribution in [0.15, 0.2) is 52.5 Å². The molecule has 11 heteroatoms. The Bertz CT molecular complexity index is 929. The molecule has 0 atom stereocenters. The Balaban J connectivity index is 1.83. The van der Waals surface area contributed by atoms with Crippen LogP contribution in [-0.4, -0.2) is 56.6 Å². The molecule has 0 spiro atoms. The molecule has 9 nitrogen and oxygen atoms in total. The van der Waals surface area contributed by atoms with Crippen molar-refractivity contribution in [1.82, 2.24) is 14.6 Å². The lowest BCUT2D eigenvalue weighted by Gasteiger charge is -2.11. The molecule has 0 saturated heterocycles. The first-order valence-corrected chi connectivity index (χ1v) is 10.4. The molecule has 0 bridgehead atoms. The number of thioether (sulfide) groups is 1. The number of pyridine rings is 1. The van der Waals surface area contributed by atoms with Crippen molar-refractivity contribution in [1.29, 1.82) is 0 Å². The van der Waals surface area contributed by atoms with Crippen LogP contribution in [0.25, 0.3) is 0 Å². The molecule has 1 aromatic carbocycles. The number of methoxy groups -OCH3 is 1. The van der Waals surface area contributed by atoms with Crippen molar-refractivity contribution in [2.75, 3.05) is 32.3 Å². The van der Waals surface area contributed by atoms with E-state index in [1.54, 1.807) is 24.3 Å². The van der Waals surface area contributed by atoms with Crippen LogP contribution in [0.2, 0.25) is 0 Å². The molecule has 28 heavy (non-hydrogen) atoms. The van der Waals surface area contributed by atoms with Gasteiger partial charge in [0.15, 0.2) is 0 Å². The second-order valence-electron chi connectivity index (χ2n) is 5.64. The standard InChI is InChI=1S/C17H20N4O5S2/c1-21(2)28(24,25)14-8-9-16(18-10-14)27-11-15(22)20-17(23)19-12-4-6-13(26-3)7-5-12/h4-10H,11H2,1-3H3,(H2,19,20,22,23). The molecule has 2 rings (SSSR count). The normalized spacial score (nSPS) is 11.1. The van der Waals surface area contributed by atoms with Crippen LogP contribution in [-0.2, 0) is 14.8 Å². The number of nitrogens with one attached hydrogen (secondary N) is 2. The van der Waals surface area contributed by atoms with Crippen LogP contribution in [0.4, 0.5) is 10.5 Å². The van der Waals surface area contributed by atoms with Crippen LogP contribution in [0, 0.1) is 0 Å². The number of imide groups is 1. The smallest absolute Gasteiger partial charge is 0.325 e. The van der Waals surface area contributed by atoms with E-state index >= 15 is 0 Å². The third kappa shape index (κ3) is 5.94. The van der Waals surface area contributed by atoms with Gasteiger partial charge in [-0.2, -0.15) is 0 Å². The van der Waals surface area contributed by atoms with Gasteiger partial charge in [-0.15, -0.1) is 0 Å². The monoisotopic (exact) mass is 424 g/mol. The topological polar surface area (TPSA) is 118 Å². The minimum atomic E-state index is -3.55. The zero-order valence-corrected chi connectivity index (χ0v) is 17.1. The maximum Gasteiger partial charge on any atom is 0.325 e. The number of nitrogens with zero attached hydrogens (tertiary/aromatic N) is 2. The number of anilines is 1. The fourth-order valence-electron chi connectivity index (χ4n) is 1.95. The summed E-state index contributed by atoms with van der Waals surface area (Å²) in [5.41, 5.74) is 0.512. The van der Waals surface area contributed by atoms with Gasteiger partial charge < -0.3 is 10.1 Å². The first-order valence-electron chi connectivity index (χ1n) is 7.98. The van der Waals surface area contributed by atoms with Gasteiger partial charge in [0.25, 0.3) is 0 Å². The first kappa shape index (κ1) is 21.7. The summed E-state index contributed by atoms with van der Waals surface area (Å²) >= 11 is 1.08. The molecule has 150 valence electrons.